The second kappa shape index (κ2) is 5.96. The monoisotopic (exact) mass is 307 g/mol. The molecule has 5 heteroatoms. The number of hydrogen-bond donors (Lipinski definition) is 3. The maximum Gasteiger partial charge on any atom is 0.267 e. The summed E-state index contributed by atoms with van der Waals surface area (Å²) in [6, 6.07) is 14.7. The van der Waals surface area contributed by atoms with Gasteiger partial charge in [0.2, 0.25) is 5.91 Å². The lowest BCUT2D eigenvalue weighted by Crippen LogP contribution is -2.23. The van der Waals surface area contributed by atoms with E-state index in [-0.39, 0.29) is 5.91 Å². The molecule has 3 aromatic rings. The molecule has 0 aliphatic rings. The minimum Gasteiger partial charge on any atom is -0.366 e. The summed E-state index contributed by atoms with van der Waals surface area (Å²) < 4.78 is 0. The van der Waals surface area contributed by atoms with E-state index in [1.165, 1.54) is 0 Å². The zero-order chi connectivity index (χ0) is 16.4. The third kappa shape index (κ3) is 3.23. The van der Waals surface area contributed by atoms with Crippen molar-refractivity contribution in [3.8, 4) is 0 Å². The number of nitrogens with one attached hydrogen (secondary N) is 2. The van der Waals surface area contributed by atoms with Crippen molar-refractivity contribution in [1.82, 2.24) is 10.3 Å². The number of aromatic amines is 1. The van der Waals surface area contributed by atoms with Crippen LogP contribution in [0.2, 0.25) is 0 Å². The molecule has 0 radical (unpaired) electrons. The maximum absolute atomic E-state index is 12.3. The Labute approximate surface area is 133 Å². The van der Waals surface area contributed by atoms with E-state index >= 15 is 0 Å². The third-order valence-corrected chi connectivity index (χ3v) is 3.69. The number of rotatable bonds is 4. The molecule has 0 bridgehead atoms. The number of H-pyrrole nitrogens is 1. The fraction of sp³-hybridized carbons (Fsp3) is 0.111. The average molecular weight is 307 g/mol. The van der Waals surface area contributed by atoms with Gasteiger partial charge in [-0.15, -0.1) is 0 Å². The van der Waals surface area contributed by atoms with E-state index < -0.39 is 5.91 Å². The second-order valence-corrected chi connectivity index (χ2v) is 5.52. The van der Waals surface area contributed by atoms with Crippen LogP contribution in [0.1, 0.15) is 32.0 Å². The summed E-state index contributed by atoms with van der Waals surface area (Å²) in [5.74, 6) is -0.674. The Morgan fingerprint density at radius 2 is 1.96 bits per heavy atom. The maximum atomic E-state index is 12.3. The molecule has 3 rings (SSSR count). The van der Waals surface area contributed by atoms with Gasteiger partial charge in [0.15, 0.2) is 0 Å². The molecule has 4 N–H and O–H groups in total. The number of aromatic nitrogens is 1. The molecular weight excluding hydrogens is 290 g/mol. The molecule has 0 saturated carbocycles. The number of hydrogen-bond acceptors (Lipinski definition) is 2. The minimum atomic E-state index is -0.482. The quantitative estimate of drug-likeness (QED) is 0.691. The fourth-order valence-corrected chi connectivity index (χ4v) is 2.48. The molecule has 2 amide bonds. The minimum absolute atomic E-state index is 0.191. The molecule has 0 unspecified atom stereocenters. The van der Waals surface area contributed by atoms with Crippen LogP contribution in [0.5, 0.6) is 0 Å². The van der Waals surface area contributed by atoms with Gasteiger partial charge >= 0.3 is 0 Å². The van der Waals surface area contributed by atoms with Crippen LogP contribution in [0.15, 0.2) is 48.5 Å². The summed E-state index contributed by atoms with van der Waals surface area (Å²) in [7, 11) is 0. The van der Waals surface area contributed by atoms with Gasteiger partial charge in [0.1, 0.15) is 5.69 Å². The van der Waals surface area contributed by atoms with Crippen molar-refractivity contribution < 1.29 is 9.59 Å². The van der Waals surface area contributed by atoms with Gasteiger partial charge in [-0.2, -0.15) is 0 Å². The van der Waals surface area contributed by atoms with Gasteiger partial charge in [0.25, 0.3) is 5.91 Å². The number of primary amides is 1. The van der Waals surface area contributed by atoms with Crippen LogP contribution >= 0.6 is 0 Å². The van der Waals surface area contributed by atoms with Crippen LogP contribution in [-0.4, -0.2) is 16.8 Å². The van der Waals surface area contributed by atoms with Gasteiger partial charge in [-0.05, 0) is 42.3 Å². The van der Waals surface area contributed by atoms with Gasteiger partial charge in [-0.25, -0.2) is 0 Å². The standard InChI is InChI=1S/C18H17N3O2/c1-11-5-6-13-9-16(21-15(13)7-11)18(23)20-10-12-3-2-4-14(8-12)17(19)22/h2-9,21H,10H2,1H3,(H2,19,22)(H,20,23). The van der Waals surface area contributed by atoms with Gasteiger partial charge in [-0.1, -0.05) is 24.3 Å². The molecule has 0 aliphatic carbocycles. The van der Waals surface area contributed by atoms with Crippen LogP contribution in [0.3, 0.4) is 0 Å². The van der Waals surface area contributed by atoms with Crippen molar-refractivity contribution in [3.63, 3.8) is 0 Å². The molecule has 0 spiro atoms. The third-order valence-electron chi connectivity index (χ3n) is 3.69. The van der Waals surface area contributed by atoms with Crippen LogP contribution in [0.4, 0.5) is 0 Å². The normalized spacial score (nSPS) is 10.7. The molecule has 0 fully saturated rings. The van der Waals surface area contributed by atoms with Crippen molar-refractivity contribution in [1.29, 1.82) is 0 Å². The Kier molecular flexibility index (Phi) is 3.85. The Morgan fingerprint density at radius 1 is 1.13 bits per heavy atom. The molecule has 5 nitrogen and oxygen atoms in total. The SMILES string of the molecule is Cc1ccc2cc(C(=O)NCc3cccc(C(N)=O)c3)[nH]c2c1. The highest BCUT2D eigenvalue weighted by molar-refractivity contribution is 5.98. The number of carbonyl (C=O) groups is 2. The van der Waals surface area contributed by atoms with E-state index in [1.807, 2.05) is 37.3 Å². The number of carbonyl (C=O) groups excluding carboxylic acids is 2. The summed E-state index contributed by atoms with van der Waals surface area (Å²) >= 11 is 0. The number of fused-ring (bicyclic) bond motifs is 1. The lowest BCUT2D eigenvalue weighted by Gasteiger charge is -2.05. The number of amides is 2. The van der Waals surface area contributed by atoms with Crippen LogP contribution in [-0.2, 0) is 6.54 Å². The molecule has 1 aromatic heterocycles. The molecule has 0 saturated heterocycles. The lowest BCUT2D eigenvalue weighted by atomic mass is 10.1. The van der Waals surface area contributed by atoms with Gasteiger partial charge in [0.05, 0.1) is 0 Å². The predicted octanol–water partition coefficient (Wildman–Crippen LogP) is 2.51. The van der Waals surface area contributed by atoms with Crippen LogP contribution in [0, 0.1) is 6.92 Å². The van der Waals surface area contributed by atoms with Crippen LogP contribution < -0.4 is 11.1 Å². The van der Waals surface area contributed by atoms with Gasteiger partial charge in [-0.3, -0.25) is 9.59 Å². The highest BCUT2D eigenvalue weighted by Gasteiger charge is 2.10. The number of nitrogens with two attached hydrogens (primary N) is 1. The predicted molar refractivity (Wildman–Crippen MR) is 89.2 cm³/mol. The second-order valence-electron chi connectivity index (χ2n) is 5.52. The van der Waals surface area contributed by atoms with Crippen molar-refractivity contribution in [2.45, 2.75) is 13.5 Å². The first-order chi connectivity index (χ1) is 11.0. The van der Waals surface area contributed by atoms with E-state index in [9.17, 15) is 9.59 Å². The molecule has 1 heterocycles. The fourth-order valence-electron chi connectivity index (χ4n) is 2.48. The first-order valence-corrected chi connectivity index (χ1v) is 7.29. The van der Waals surface area contributed by atoms with E-state index in [1.54, 1.807) is 18.2 Å². The first kappa shape index (κ1) is 14.8. The Morgan fingerprint density at radius 3 is 2.74 bits per heavy atom. The average Bonchev–Trinajstić information content (AvgIpc) is 2.96. The molecule has 23 heavy (non-hydrogen) atoms. The summed E-state index contributed by atoms with van der Waals surface area (Å²) in [5, 5.41) is 3.83. The van der Waals surface area contributed by atoms with Crippen molar-refractivity contribution in [2.24, 2.45) is 5.73 Å². The Balaban J connectivity index is 1.73. The highest BCUT2D eigenvalue weighted by atomic mass is 16.2. The Hall–Kier alpha value is -3.08. The number of benzene rings is 2. The summed E-state index contributed by atoms with van der Waals surface area (Å²) in [6.07, 6.45) is 0. The molecule has 0 aliphatic heterocycles. The van der Waals surface area contributed by atoms with Gasteiger partial charge < -0.3 is 16.0 Å². The van der Waals surface area contributed by atoms with E-state index in [0.717, 1.165) is 22.0 Å². The van der Waals surface area contributed by atoms with E-state index in [0.29, 0.717) is 17.8 Å². The van der Waals surface area contributed by atoms with Gasteiger partial charge in [0, 0.05) is 23.0 Å². The Bertz CT molecular complexity index is 896. The summed E-state index contributed by atoms with van der Waals surface area (Å²) in [4.78, 5) is 26.5. The largest absolute Gasteiger partial charge is 0.366 e. The zero-order valence-corrected chi connectivity index (χ0v) is 12.7. The lowest BCUT2D eigenvalue weighted by molar-refractivity contribution is 0.0946. The van der Waals surface area contributed by atoms with Crippen molar-refractivity contribution >= 4 is 22.7 Å². The zero-order valence-electron chi connectivity index (χ0n) is 12.7. The van der Waals surface area contributed by atoms with Crippen molar-refractivity contribution in [3.05, 3.63) is 70.9 Å². The van der Waals surface area contributed by atoms with E-state index in [2.05, 4.69) is 10.3 Å². The molecule has 2 aromatic carbocycles. The number of aryl methyl sites for hydroxylation is 1. The first-order valence-electron chi connectivity index (χ1n) is 7.29. The summed E-state index contributed by atoms with van der Waals surface area (Å²) in [6.45, 7) is 2.33. The molecule has 0 atom stereocenters. The smallest absolute Gasteiger partial charge is 0.267 e. The van der Waals surface area contributed by atoms with Crippen molar-refractivity contribution in [2.75, 3.05) is 0 Å². The van der Waals surface area contributed by atoms with E-state index in [4.69, 9.17) is 5.73 Å². The topological polar surface area (TPSA) is 88.0 Å². The molecular formula is C18H17N3O2. The highest BCUT2D eigenvalue weighted by Crippen LogP contribution is 2.17. The molecule has 116 valence electrons. The van der Waals surface area contributed by atoms with Crippen LogP contribution in [0.25, 0.3) is 10.9 Å². The summed E-state index contributed by atoms with van der Waals surface area (Å²) in [5.41, 5.74) is 9.08.